The number of rotatable bonds is 4. The van der Waals surface area contributed by atoms with Gasteiger partial charge in [-0.3, -0.25) is 9.36 Å². The van der Waals surface area contributed by atoms with Crippen LogP contribution in [-0.2, 0) is 4.74 Å². The summed E-state index contributed by atoms with van der Waals surface area (Å²) in [5, 5.41) is 50.0. The number of hydrogen-bond donors (Lipinski definition) is 5. The molecule has 0 aromatic carbocycles. The number of imidazole rings is 1. The fourth-order valence-corrected chi connectivity index (χ4v) is 4.37. The summed E-state index contributed by atoms with van der Waals surface area (Å²) >= 11 is 0. The third-order valence-corrected chi connectivity index (χ3v) is 6.01. The number of nitriles is 1. The number of hydrogen-bond acceptors (Lipinski definition) is 10. The Morgan fingerprint density at radius 1 is 1.35 bits per heavy atom. The van der Waals surface area contributed by atoms with Crippen molar-refractivity contribution >= 4 is 22.8 Å². The van der Waals surface area contributed by atoms with Crippen LogP contribution in [-0.4, -0.2) is 70.0 Å². The largest absolute Gasteiger partial charge is 0.394 e. The van der Waals surface area contributed by atoms with Crippen molar-refractivity contribution in [3.8, 4) is 6.07 Å². The highest BCUT2D eigenvalue weighted by molar-refractivity contribution is 5.74. The van der Waals surface area contributed by atoms with Gasteiger partial charge in [-0.1, -0.05) is 19.3 Å². The molecule has 1 saturated heterocycles. The number of anilines is 1. The molecule has 2 aliphatic rings. The van der Waals surface area contributed by atoms with Crippen molar-refractivity contribution in [2.24, 2.45) is 0 Å². The van der Waals surface area contributed by atoms with Gasteiger partial charge in [0.25, 0.3) is 5.56 Å². The van der Waals surface area contributed by atoms with Crippen molar-refractivity contribution in [3.05, 3.63) is 22.8 Å². The van der Waals surface area contributed by atoms with Gasteiger partial charge in [0.1, 0.15) is 23.9 Å². The Balaban J connectivity index is 1.83. The van der Waals surface area contributed by atoms with Crippen molar-refractivity contribution in [2.45, 2.75) is 62.2 Å². The van der Waals surface area contributed by atoms with Gasteiger partial charge in [0, 0.05) is 6.08 Å². The molecule has 0 amide bonds. The summed E-state index contributed by atoms with van der Waals surface area (Å²) < 4.78 is 7.73. The summed E-state index contributed by atoms with van der Waals surface area (Å²) in [6, 6.07) is 1.87. The lowest BCUT2D eigenvalue weighted by atomic mass is 9.82. The maximum Gasteiger partial charge on any atom is 0.287 e. The Labute approximate surface area is 176 Å². The molecule has 2 fully saturated rings. The number of allylic oxidation sites excluding steroid dienone is 1. The van der Waals surface area contributed by atoms with Crippen molar-refractivity contribution in [2.75, 3.05) is 12.3 Å². The molecule has 166 valence electrons. The summed E-state index contributed by atoms with van der Waals surface area (Å²) in [6.07, 6.45) is 0.602. The summed E-state index contributed by atoms with van der Waals surface area (Å²) in [6.45, 7) is -0.509. The second kappa shape index (κ2) is 8.03. The molecule has 12 heteroatoms. The first-order valence-corrected chi connectivity index (χ1v) is 10.0. The maximum atomic E-state index is 13.3. The average Bonchev–Trinajstić information content (AvgIpc) is 3.29. The van der Waals surface area contributed by atoms with Crippen LogP contribution in [0.3, 0.4) is 0 Å². The molecule has 12 nitrogen and oxygen atoms in total. The SMILES string of the molecule is N#C/C=C(\n1c(N)nc2c(ncn2[C@H]2O[C@@H](CO)C(O)C2O)c1=O)C1(O)CCCCC1. The minimum atomic E-state index is -1.40. The van der Waals surface area contributed by atoms with Crippen LogP contribution in [0.1, 0.15) is 38.3 Å². The Hall–Kier alpha value is -2.82. The van der Waals surface area contributed by atoms with Crippen LogP contribution in [0.15, 0.2) is 17.2 Å². The van der Waals surface area contributed by atoms with Crippen LogP contribution in [0.25, 0.3) is 16.9 Å². The number of ether oxygens (including phenoxy) is 1. The molecule has 2 aromatic heterocycles. The highest BCUT2D eigenvalue weighted by atomic mass is 16.6. The van der Waals surface area contributed by atoms with Crippen molar-refractivity contribution in [3.63, 3.8) is 0 Å². The van der Waals surface area contributed by atoms with E-state index in [0.29, 0.717) is 12.8 Å². The third kappa shape index (κ3) is 3.40. The standard InChI is InChI=1S/C19H24N6O6/c20-7-4-11(19(30)5-2-1-3-6-19)25-16(29)12-15(23-18(25)21)24(9-22-12)17-14(28)13(27)10(8-26)31-17/h4,9-10,13-14,17,26-28,30H,1-3,5-6,8H2,(H2,21,23)/b11-4-/t10-,13?,14?,17-/m0/s1. The van der Waals surface area contributed by atoms with Gasteiger partial charge in [-0.15, -0.1) is 0 Å². The van der Waals surface area contributed by atoms with Crippen molar-refractivity contribution in [1.82, 2.24) is 19.1 Å². The third-order valence-electron chi connectivity index (χ3n) is 6.01. The zero-order chi connectivity index (χ0) is 22.3. The van der Waals surface area contributed by atoms with Crippen molar-refractivity contribution in [1.29, 1.82) is 5.26 Å². The van der Waals surface area contributed by atoms with E-state index in [9.17, 15) is 30.5 Å². The monoisotopic (exact) mass is 432 g/mol. The van der Waals surface area contributed by atoms with Gasteiger partial charge < -0.3 is 30.9 Å². The van der Waals surface area contributed by atoms with Gasteiger partial charge in [-0.25, -0.2) is 9.55 Å². The second-order valence-corrected chi connectivity index (χ2v) is 7.91. The van der Waals surface area contributed by atoms with Crippen LogP contribution >= 0.6 is 0 Å². The molecule has 1 aliphatic carbocycles. The quantitative estimate of drug-likeness (QED) is 0.368. The first-order chi connectivity index (χ1) is 14.8. The van der Waals surface area contributed by atoms with E-state index < -0.39 is 42.3 Å². The Kier molecular flexibility index (Phi) is 5.54. The van der Waals surface area contributed by atoms with Gasteiger partial charge in [-0.05, 0) is 12.8 Å². The van der Waals surface area contributed by atoms with Gasteiger partial charge in [0.2, 0.25) is 5.95 Å². The molecule has 6 N–H and O–H groups in total. The van der Waals surface area contributed by atoms with Gasteiger partial charge in [-0.2, -0.15) is 10.2 Å². The molecule has 31 heavy (non-hydrogen) atoms. The van der Waals surface area contributed by atoms with Crippen LogP contribution in [0, 0.1) is 11.3 Å². The zero-order valence-corrected chi connectivity index (χ0v) is 16.6. The Morgan fingerprint density at radius 3 is 2.68 bits per heavy atom. The van der Waals surface area contributed by atoms with Gasteiger partial charge in [0.15, 0.2) is 17.4 Å². The zero-order valence-electron chi connectivity index (χ0n) is 16.6. The number of nitrogens with two attached hydrogens (primary N) is 1. The summed E-state index contributed by atoms with van der Waals surface area (Å²) in [4.78, 5) is 21.6. The molecule has 0 spiro atoms. The lowest BCUT2D eigenvalue weighted by Crippen LogP contribution is -2.39. The lowest BCUT2D eigenvalue weighted by Gasteiger charge is -2.34. The van der Waals surface area contributed by atoms with E-state index >= 15 is 0 Å². The van der Waals surface area contributed by atoms with Gasteiger partial charge in [0.05, 0.1) is 24.7 Å². The minimum Gasteiger partial charge on any atom is -0.394 e. The number of nitrogens with zero attached hydrogens (tertiary/aromatic N) is 5. The molecule has 3 heterocycles. The van der Waals surface area contributed by atoms with Gasteiger partial charge >= 0.3 is 0 Å². The predicted octanol–water partition coefficient (Wildman–Crippen LogP) is -1.15. The van der Waals surface area contributed by atoms with E-state index in [-0.39, 0.29) is 22.8 Å². The van der Waals surface area contributed by atoms with E-state index in [1.165, 1.54) is 10.9 Å². The van der Waals surface area contributed by atoms with E-state index in [1.807, 2.05) is 6.07 Å². The van der Waals surface area contributed by atoms with E-state index in [1.54, 1.807) is 0 Å². The highest BCUT2D eigenvalue weighted by Gasteiger charge is 2.44. The summed E-state index contributed by atoms with van der Waals surface area (Å²) in [7, 11) is 0. The molecule has 1 aliphatic heterocycles. The second-order valence-electron chi connectivity index (χ2n) is 7.91. The molecular formula is C19H24N6O6. The van der Waals surface area contributed by atoms with Crippen molar-refractivity contribution < 1.29 is 25.2 Å². The maximum absolute atomic E-state index is 13.3. The Morgan fingerprint density at radius 2 is 2.06 bits per heavy atom. The van der Waals surface area contributed by atoms with Crippen LogP contribution < -0.4 is 11.3 Å². The normalized spacial score (nSPS) is 28.7. The van der Waals surface area contributed by atoms with Crippen LogP contribution in [0.5, 0.6) is 0 Å². The van der Waals surface area contributed by atoms with Crippen LogP contribution in [0.4, 0.5) is 5.95 Å². The fraction of sp³-hybridized carbons (Fsp3) is 0.579. The first-order valence-electron chi connectivity index (χ1n) is 10.0. The lowest BCUT2D eigenvalue weighted by molar-refractivity contribution is -0.0511. The minimum absolute atomic E-state index is 0.000492. The molecule has 4 rings (SSSR count). The molecule has 4 atom stereocenters. The topological polar surface area (TPSA) is 193 Å². The molecule has 1 saturated carbocycles. The number of nitrogen functional groups attached to an aromatic ring is 1. The molecule has 0 radical (unpaired) electrons. The first kappa shape index (κ1) is 21.4. The molecule has 0 bridgehead atoms. The van der Waals surface area contributed by atoms with E-state index in [0.717, 1.165) is 29.9 Å². The van der Waals surface area contributed by atoms with Crippen LogP contribution in [0.2, 0.25) is 0 Å². The number of aliphatic hydroxyl groups is 4. The van der Waals surface area contributed by atoms with E-state index in [2.05, 4.69) is 9.97 Å². The smallest absolute Gasteiger partial charge is 0.287 e. The molecule has 2 unspecified atom stereocenters. The number of aromatic nitrogens is 4. The molecular weight excluding hydrogens is 408 g/mol. The Bertz CT molecular complexity index is 1110. The predicted molar refractivity (Wildman–Crippen MR) is 107 cm³/mol. The highest BCUT2D eigenvalue weighted by Crippen LogP contribution is 2.37. The van der Waals surface area contributed by atoms with E-state index in [4.69, 9.17) is 10.5 Å². The molecule has 2 aromatic rings. The number of aliphatic hydroxyl groups excluding tert-OH is 3. The number of fused-ring (bicyclic) bond motifs is 1. The summed E-state index contributed by atoms with van der Waals surface area (Å²) in [5.74, 6) is -0.272. The fourth-order valence-electron chi connectivity index (χ4n) is 4.37. The average molecular weight is 432 g/mol. The summed E-state index contributed by atoms with van der Waals surface area (Å²) in [5.41, 5.74) is 3.94.